The van der Waals surface area contributed by atoms with E-state index in [1.165, 1.54) is 32.3 Å². The second kappa shape index (κ2) is 12.6. The summed E-state index contributed by atoms with van der Waals surface area (Å²) in [6, 6.07) is 65.8. The van der Waals surface area contributed by atoms with Gasteiger partial charge in [-0.1, -0.05) is 164 Å². The first kappa shape index (κ1) is 31.1. The van der Waals surface area contributed by atoms with Crippen molar-refractivity contribution in [2.75, 3.05) is 0 Å². The van der Waals surface area contributed by atoms with Gasteiger partial charge in [0.1, 0.15) is 11.2 Å². The summed E-state index contributed by atoms with van der Waals surface area (Å²) in [5, 5.41) is 9.64. The Morgan fingerprint density at radius 2 is 0.709 bits per heavy atom. The molecule has 0 saturated heterocycles. The molecule has 11 rings (SSSR count). The van der Waals surface area contributed by atoms with Crippen LogP contribution >= 0.6 is 0 Å². The molecule has 256 valence electrons. The minimum atomic E-state index is 0.564. The summed E-state index contributed by atoms with van der Waals surface area (Å²) in [7, 11) is 0. The number of nitrogens with zero attached hydrogens (tertiary/aromatic N) is 3. The maximum Gasteiger partial charge on any atom is 0.167 e. The second-order valence-electron chi connectivity index (χ2n) is 14.0. The van der Waals surface area contributed by atoms with Crippen LogP contribution in [0.5, 0.6) is 0 Å². The average molecular weight is 702 g/mol. The number of rotatable bonds is 5. The Morgan fingerprint density at radius 1 is 0.273 bits per heavy atom. The Balaban J connectivity index is 1.04. The average Bonchev–Trinajstić information content (AvgIpc) is 3.65. The van der Waals surface area contributed by atoms with E-state index in [1.807, 2.05) is 42.5 Å². The number of para-hydroxylation sites is 1. The molecule has 0 amide bonds. The highest BCUT2D eigenvalue weighted by atomic mass is 16.3. The van der Waals surface area contributed by atoms with Crippen molar-refractivity contribution in [2.24, 2.45) is 0 Å². The summed E-state index contributed by atoms with van der Waals surface area (Å²) in [6.45, 7) is 0. The molecular weight excluding hydrogens is 671 g/mol. The summed E-state index contributed by atoms with van der Waals surface area (Å²) >= 11 is 0. The number of benzene rings is 9. The number of furan rings is 1. The molecule has 55 heavy (non-hydrogen) atoms. The van der Waals surface area contributed by atoms with Crippen molar-refractivity contribution in [3.05, 3.63) is 188 Å². The van der Waals surface area contributed by atoms with Crippen LogP contribution < -0.4 is 0 Å². The predicted molar refractivity (Wildman–Crippen MR) is 227 cm³/mol. The van der Waals surface area contributed by atoms with E-state index in [1.54, 1.807) is 0 Å². The zero-order valence-electron chi connectivity index (χ0n) is 29.6. The molecule has 0 aliphatic carbocycles. The molecule has 11 aromatic rings. The fraction of sp³-hybridized carbons (Fsp3) is 0. The highest BCUT2D eigenvalue weighted by Gasteiger charge is 2.19. The van der Waals surface area contributed by atoms with Gasteiger partial charge < -0.3 is 4.42 Å². The van der Waals surface area contributed by atoms with Crippen molar-refractivity contribution in [2.45, 2.75) is 0 Å². The topological polar surface area (TPSA) is 51.8 Å². The Labute approximate surface area is 317 Å². The van der Waals surface area contributed by atoms with Crippen molar-refractivity contribution in [3.63, 3.8) is 0 Å². The van der Waals surface area contributed by atoms with Crippen LogP contribution in [0.1, 0.15) is 0 Å². The molecule has 9 aromatic carbocycles. The van der Waals surface area contributed by atoms with Gasteiger partial charge in [-0.2, -0.15) is 0 Å². The van der Waals surface area contributed by atoms with Gasteiger partial charge in [0, 0.05) is 21.9 Å². The zero-order chi connectivity index (χ0) is 36.3. The largest absolute Gasteiger partial charge is 0.455 e. The monoisotopic (exact) mass is 701 g/mol. The Bertz CT molecular complexity index is 3210. The van der Waals surface area contributed by atoms with Crippen LogP contribution in [-0.2, 0) is 0 Å². The summed E-state index contributed by atoms with van der Waals surface area (Å²) < 4.78 is 6.77. The van der Waals surface area contributed by atoms with Gasteiger partial charge in [0.15, 0.2) is 17.5 Å². The van der Waals surface area contributed by atoms with E-state index in [-0.39, 0.29) is 0 Å². The van der Waals surface area contributed by atoms with Crippen LogP contribution in [0.2, 0.25) is 0 Å². The number of fused-ring (bicyclic) bond motifs is 9. The summed E-state index contributed by atoms with van der Waals surface area (Å²) in [4.78, 5) is 15.1. The molecule has 0 bridgehead atoms. The van der Waals surface area contributed by atoms with Crippen LogP contribution in [0, 0.1) is 0 Å². The highest BCUT2D eigenvalue weighted by Crippen LogP contribution is 2.40. The third kappa shape index (κ3) is 5.26. The van der Waals surface area contributed by atoms with Crippen LogP contribution in [0.4, 0.5) is 0 Å². The molecule has 2 aromatic heterocycles. The molecule has 0 spiro atoms. The van der Waals surface area contributed by atoms with E-state index in [4.69, 9.17) is 19.4 Å². The number of hydrogen-bond donors (Lipinski definition) is 0. The molecule has 0 aliphatic rings. The van der Waals surface area contributed by atoms with Gasteiger partial charge in [-0.15, -0.1) is 0 Å². The van der Waals surface area contributed by atoms with E-state index in [9.17, 15) is 0 Å². The molecule has 0 radical (unpaired) electrons. The third-order valence-corrected chi connectivity index (χ3v) is 10.7. The molecule has 0 fully saturated rings. The fourth-order valence-corrected chi connectivity index (χ4v) is 8.03. The zero-order valence-corrected chi connectivity index (χ0v) is 29.6. The molecule has 4 nitrogen and oxygen atoms in total. The van der Waals surface area contributed by atoms with Crippen LogP contribution in [-0.4, -0.2) is 15.0 Å². The van der Waals surface area contributed by atoms with Crippen LogP contribution in [0.15, 0.2) is 192 Å². The molecule has 2 heterocycles. The minimum Gasteiger partial charge on any atom is -0.455 e. The SMILES string of the molecule is c1ccc(-c2ccc(-c3nc(-c4ccccc4)nc(-c4cccc5c4oc4cc(-c6ccc7c8ccccc8c8ccccc8c7c6)ccc45)n3)cc2)cc1. The van der Waals surface area contributed by atoms with Crippen molar-refractivity contribution >= 4 is 54.3 Å². The third-order valence-electron chi connectivity index (χ3n) is 10.7. The molecular formula is C51H31N3O. The maximum atomic E-state index is 6.77. The molecule has 0 N–H and O–H groups in total. The second-order valence-corrected chi connectivity index (χ2v) is 14.0. The van der Waals surface area contributed by atoms with Crippen LogP contribution in [0.3, 0.4) is 0 Å². The van der Waals surface area contributed by atoms with Crippen molar-refractivity contribution < 1.29 is 4.42 Å². The normalized spacial score (nSPS) is 11.6. The summed E-state index contributed by atoms with van der Waals surface area (Å²) in [6.07, 6.45) is 0. The van der Waals surface area contributed by atoms with Gasteiger partial charge in [-0.05, 0) is 78.8 Å². The lowest BCUT2D eigenvalue weighted by Gasteiger charge is -2.12. The van der Waals surface area contributed by atoms with E-state index >= 15 is 0 Å². The van der Waals surface area contributed by atoms with Gasteiger partial charge in [0.25, 0.3) is 0 Å². The Hall–Kier alpha value is -7.43. The van der Waals surface area contributed by atoms with E-state index < -0.39 is 0 Å². The van der Waals surface area contributed by atoms with E-state index in [0.29, 0.717) is 17.5 Å². The molecule has 0 saturated carbocycles. The van der Waals surface area contributed by atoms with Gasteiger partial charge >= 0.3 is 0 Å². The molecule has 0 atom stereocenters. The lowest BCUT2D eigenvalue weighted by Crippen LogP contribution is -2.00. The van der Waals surface area contributed by atoms with Gasteiger partial charge in [-0.25, -0.2) is 15.0 Å². The Morgan fingerprint density at radius 3 is 1.36 bits per heavy atom. The first-order chi connectivity index (χ1) is 27.2. The first-order valence-electron chi connectivity index (χ1n) is 18.5. The summed E-state index contributed by atoms with van der Waals surface area (Å²) in [5.74, 6) is 1.78. The van der Waals surface area contributed by atoms with Gasteiger partial charge in [0.2, 0.25) is 0 Å². The van der Waals surface area contributed by atoms with Gasteiger partial charge in [0.05, 0.1) is 5.56 Å². The predicted octanol–water partition coefficient (Wildman–Crippen LogP) is 13.6. The lowest BCUT2D eigenvalue weighted by atomic mass is 9.92. The van der Waals surface area contributed by atoms with Crippen LogP contribution in [0.25, 0.3) is 111 Å². The number of aromatic nitrogens is 3. The quantitative estimate of drug-likeness (QED) is 0.168. The highest BCUT2D eigenvalue weighted by molar-refractivity contribution is 6.25. The Kier molecular flexibility index (Phi) is 7.14. The fourth-order valence-electron chi connectivity index (χ4n) is 8.03. The molecule has 0 unspecified atom stereocenters. The standard InChI is InChI=1S/C51H31N3O/c1-3-12-32(13-4-1)33-22-24-35(25-23-33)50-52-49(34-14-5-2-6-15-34)53-51(54-50)45-21-11-20-44-43-29-27-37(31-47(43)55-48(44)45)36-26-28-42-40-18-8-7-16-38(40)39-17-9-10-19-41(39)46(42)30-36/h1-31H. The first-order valence-corrected chi connectivity index (χ1v) is 18.5. The van der Waals surface area contributed by atoms with E-state index in [2.05, 4.69) is 146 Å². The molecule has 0 aliphatic heterocycles. The smallest absolute Gasteiger partial charge is 0.167 e. The summed E-state index contributed by atoms with van der Waals surface area (Å²) in [5.41, 5.74) is 8.77. The van der Waals surface area contributed by atoms with Crippen molar-refractivity contribution in [3.8, 4) is 56.4 Å². The van der Waals surface area contributed by atoms with Crippen molar-refractivity contribution in [1.29, 1.82) is 0 Å². The van der Waals surface area contributed by atoms with Crippen molar-refractivity contribution in [1.82, 2.24) is 15.0 Å². The van der Waals surface area contributed by atoms with Gasteiger partial charge in [-0.3, -0.25) is 0 Å². The molecule has 4 heteroatoms. The van der Waals surface area contributed by atoms with E-state index in [0.717, 1.165) is 60.9 Å². The number of hydrogen-bond acceptors (Lipinski definition) is 4. The lowest BCUT2D eigenvalue weighted by molar-refractivity contribution is 0.669. The maximum absolute atomic E-state index is 6.77. The minimum absolute atomic E-state index is 0.564.